The van der Waals surface area contributed by atoms with Gasteiger partial charge in [-0.15, -0.1) is 0 Å². The molecule has 2 rings (SSSR count). The summed E-state index contributed by atoms with van der Waals surface area (Å²) < 4.78 is 34.1. The smallest absolute Gasteiger partial charge is 0.226 e. The molecule has 0 aromatic carbocycles. The number of hydrogen-bond acceptors (Lipinski definition) is 5. The van der Waals surface area contributed by atoms with Crippen molar-refractivity contribution in [3.05, 3.63) is 0 Å². The lowest BCUT2D eigenvalue weighted by molar-refractivity contribution is -0.128. The molecule has 6 unspecified atom stereocenters. The van der Waals surface area contributed by atoms with Crippen LogP contribution < -0.4 is 5.32 Å². The third-order valence-electron chi connectivity index (χ3n) is 4.48. The van der Waals surface area contributed by atoms with E-state index in [2.05, 4.69) is 5.32 Å². The van der Waals surface area contributed by atoms with Crippen molar-refractivity contribution in [3.8, 4) is 0 Å². The molecule has 2 saturated heterocycles. The number of amides is 1. The fourth-order valence-electron chi connectivity index (χ4n) is 3.18. The molecule has 2 heterocycles. The van der Waals surface area contributed by atoms with Gasteiger partial charge in [0.05, 0.1) is 41.8 Å². The minimum Gasteiger partial charge on any atom is -0.378 e. The molecular formula is C13H23NO5S. The van der Waals surface area contributed by atoms with E-state index in [4.69, 9.17) is 9.47 Å². The highest BCUT2D eigenvalue weighted by molar-refractivity contribution is 7.91. The Bertz CT molecular complexity index is 477. The van der Waals surface area contributed by atoms with Gasteiger partial charge < -0.3 is 14.8 Å². The predicted octanol–water partition coefficient (Wildman–Crippen LogP) is -0.0259. The maximum absolute atomic E-state index is 12.4. The van der Waals surface area contributed by atoms with Gasteiger partial charge in [-0.2, -0.15) is 0 Å². The van der Waals surface area contributed by atoms with Crippen molar-refractivity contribution in [1.29, 1.82) is 0 Å². The first-order valence-corrected chi connectivity index (χ1v) is 8.76. The summed E-state index contributed by atoms with van der Waals surface area (Å²) in [5, 5.41) is 2.84. The van der Waals surface area contributed by atoms with E-state index in [1.807, 2.05) is 20.8 Å². The number of hydrogen-bond donors (Lipinski definition) is 1. The lowest BCUT2D eigenvalue weighted by Gasteiger charge is -2.23. The highest BCUT2D eigenvalue weighted by atomic mass is 32.2. The number of carbonyl (C=O) groups excluding carboxylic acids is 1. The van der Waals surface area contributed by atoms with Crippen LogP contribution in [0.15, 0.2) is 0 Å². The minimum atomic E-state index is -3.13. The van der Waals surface area contributed by atoms with Crippen molar-refractivity contribution in [2.45, 2.75) is 45.1 Å². The molecule has 2 aliphatic rings. The second kappa shape index (κ2) is 5.61. The SMILES string of the molecule is COC1CS(=O)(=O)CC1NC(=O)C1C(C)OC(C)C1C. The molecule has 6 atom stereocenters. The Hall–Kier alpha value is -0.660. The van der Waals surface area contributed by atoms with Crippen LogP contribution in [0, 0.1) is 11.8 Å². The fraction of sp³-hybridized carbons (Fsp3) is 0.923. The van der Waals surface area contributed by atoms with Gasteiger partial charge in [0, 0.05) is 7.11 Å². The maximum Gasteiger partial charge on any atom is 0.226 e. The molecular weight excluding hydrogens is 282 g/mol. The van der Waals surface area contributed by atoms with Gasteiger partial charge in [-0.1, -0.05) is 6.92 Å². The summed E-state index contributed by atoms with van der Waals surface area (Å²) in [6.07, 6.45) is -0.584. The Kier molecular flexibility index (Phi) is 4.41. The number of sulfone groups is 1. The normalized spacial score (nSPS) is 43.6. The minimum absolute atomic E-state index is 0.0306. The molecule has 0 saturated carbocycles. The van der Waals surface area contributed by atoms with E-state index in [1.54, 1.807) is 0 Å². The van der Waals surface area contributed by atoms with Crippen LogP contribution in [-0.4, -0.2) is 57.3 Å². The number of carbonyl (C=O) groups is 1. The Morgan fingerprint density at radius 3 is 2.35 bits per heavy atom. The third kappa shape index (κ3) is 2.99. The zero-order valence-electron chi connectivity index (χ0n) is 12.3. The summed E-state index contributed by atoms with van der Waals surface area (Å²) in [6, 6.07) is -0.465. The summed E-state index contributed by atoms with van der Waals surface area (Å²) in [7, 11) is -1.67. The van der Waals surface area contributed by atoms with E-state index in [-0.39, 0.29) is 41.5 Å². The molecule has 0 aromatic heterocycles. The molecule has 0 bridgehead atoms. The van der Waals surface area contributed by atoms with Crippen LogP contribution >= 0.6 is 0 Å². The molecule has 0 aliphatic carbocycles. The second-order valence-electron chi connectivity index (χ2n) is 5.90. The average molecular weight is 305 g/mol. The fourth-order valence-corrected chi connectivity index (χ4v) is 5.03. The quantitative estimate of drug-likeness (QED) is 0.792. The van der Waals surface area contributed by atoms with E-state index < -0.39 is 22.0 Å². The lowest BCUT2D eigenvalue weighted by atomic mass is 9.88. The van der Waals surface area contributed by atoms with Gasteiger partial charge in [0.15, 0.2) is 9.84 Å². The molecule has 1 N–H and O–H groups in total. The molecule has 6 nitrogen and oxygen atoms in total. The van der Waals surface area contributed by atoms with Crippen LogP contribution in [0.25, 0.3) is 0 Å². The summed E-state index contributed by atoms with van der Waals surface area (Å²) in [5.41, 5.74) is 0. The summed E-state index contributed by atoms with van der Waals surface area (Å²) in [4.78, 5) is 12.4. The predicted molar refractivity (Wildman–Crippen MR) is 74.0 cm³/mol. The Morgan fingerprint density at radius 1 is 1.20 bits per heavy atom. The summed E-state index contributed by atoms with van der Waals surface area (Å²) in [5.74, 6) is -0.353. The molecule has 2 fully saturated rings. The zero-order valence-corrected chi connectivity index (χ0v) is 13.1. The van der Waals surface area contributed by atoms with Crippen molar-refractivity contribution in [1.82, 2.24) is 5.32 Å². The number of nitrogens with one attached hydrogen (secondary N) is 1. The first kappa shape index (κ1) is 15.7. The lowest BCUT2D eigenvalue weighted by Crippen LogP contribution is -2.48. The van der Waals surface area contributed by atoms with E-state index in [0.29, 0.717) is 0 Å². The average Bonchev–Trinajstić information content (AvgIpc) is 2.76. The van der Waals surface area contributed by atoms with Gasteiger partial charge in [0.2, 0.25) is 5.91 Å². The molecule has 1 amide bonds. The van der Waals surface area contributed by atoms with Crippen molar-refractivity contribution < 1.29 is 22.7 Å². The van der Waals surface area contributed by atoms with E-state index in [0.717, 1.165) is 0 Å². The zero-order chi connectivity index (χ0) is 15.1. The highest BCUT2D eigenvalue weighted by Gasteiger charge is 2.44. The van der Waals surface area contributed by atoms with Gasteiger partial charge in [0.1, 0.15) is 0 Å². The van der Waals surface area contributed by atoms with Gasteiger partial charge in [-0.05, 0) is 19.8 Å². The molecule has 0 radical (unpaired) electrons. The summed E-state index contributed by atoms with van der Waals surface area (Å²) >= 11 is 0. The molecule has 116 valence electrons. The number of rotatable bonds is 3. The Labute approximate surface area is 120 Å². The van der Waals surface area contributed by atoms with Crippen molar-refractivity contribution in [2.24, 2.45) is 11.8 Å². The van der Waals surface area contributed by atoms with E-state index in [9.17, 15) is 13.2 Å². The van der Waals surface area contributed by atoms with Crippen molar-refractivity contribution in [2.75, 3.05) is 18.6 Å². The van der Waals surface area contributed by atoms with Gasteiger partial charge in [0.25, 0.3) is 0 Å². The molecule has 2 aliphatic heterocycles. The van der Waals surface area contributed by atoms with Crippen LogP contribution in [0.1, 0.15) is 20.8 Å². The monoisotopic (exact) mass is 305 g/mol. The van der Waals surface area contributed by atoms with E-state index in [1.165, 1.54) is 7.11 Å². The Balaban J connectivity index is 2.05. The second-order valence-corrected chi connectivity index (χ2v) is 8.05. The molecule has 0 aromatic rings. The van der Waals surface area contributed by atoms with Crippen LogP contribution in [0.3, 0.4) is 0 Å². The van der Waals surface area contributed by atoms with Gasteiger partial charge >= 0.3 is 0 Å². The first-order valence-electron chi connectivity index (χ1n) is 6.94. The standard InChI is InChI=1S/C13H23NO5S/c1-7-8(2)19-9(3)12(7)13(15)14-10-5-20(16,17)6-11(10)18-4/h7-12H,5-6H2,1-4H3,(H,14,15). The third-order valence-corrected chi connectivity index (χ3v) is 6.18. The molecule has 20 heavy (non-hydrogen) atoms. The topological polar surface area (TPSA) is 81.7 Å². The largest absolute Gasteiger partial charge is 0.378 e. The maximum atomic E-state index is 12.4. The van der Waals surface area contributed by atoms with Crippen LogP contribution in [0.5, 0.6) is 0 Å². The number of methoxy groups -OCH3 is 1. The molecule has 7 heteroatoms. The van der Waals surface area contributed by atoms with Gasteiger partial charge in [-0.25, -0.2) is 8.42 Å². The van der Waals surface area contributed by atoms with Gasteiger partial charge in [-0.3, -0.25) is 4.79 Å². The Morgan fingerprint density at radius 2 is 1.85 bits per heavy atom. The number of ether oxygens (including phenoxy) is 2. The van der Waals surface area contributed by atoms with Crippen molar-refractivity contribution >= 4 is 15.7 Å². The highest BCUT2D eigenvalue weighted by Crippen LogP contribution is 2.32. The van der Waals surface area contributed by atoms with Crippen LogP contribution in [-0.2, 0) is 24.1 Å². The molecule has 0 spiro atoms. The van der Waals surface area contributed by atoms with E-state index >= 15 is 0 Å². The van der Waals surface area contributed by atoms with Crippen LogP contribution in [0.4, 0.5) is 0 Å². The van der Waals surface area contributed by atoms with Crippen LogP contribution in [0.2, 0.25) is 0 Å². The first-order chi connectivity index (χ1) is 9.25. The summed E-state index contributed by atoms with van der Waals surface area (Å²) in [6.45, 7) is 5.81. The van der Waals surface area contributed by atoms with Crippen molar-refractivity contribution in [3.63, 3.8) is 0 Å².